The highest BCUT2D eigenvalue weighted by atomic mass is 19.4. The van der Waals surface area contributed by atoms with Crippen molar-refractivity contribution in [1.29, 1.82) is 0 Å². The molecule has 20 heavy (non-hydrogen) atoms. The largest absolute Gasteiger partial charge is 0.467 e. The van der Waals surface area contributed by atoms with Crippen LogP contribution in [0.1, 0.15) is 24.4 Å². The minimum absolute atomic E-state index is 0.115. The van der Waals surface area contributed by atoms with Crippen LogP contribution in [0, 0.1) is 0 Å². The third-order valence-electron chi connectivity index (χ3n) is 2.50. The first kappa shape index (κ1) is 16.3. The van der Waals surface area contributed by atoms with E-state index in [1.54, 1.807) is 6.92 Å². The quantitative estimate of drug-likeness (QED) is 0.777. The number of alkyl halides is 3. The zero-order valence-corrected chi connectivity index (χ0v) is 10.8. The van der Waals surface area contributed by atoms with Crippen molar-refractivity contribution < 1.29 is 27.8 Å². The minimum atomic E-state index is -4.54. The number of aliphatic hydroxyl groups is 1. The van der Waals surface area contributed by atoms with Crippen LogP contribution in [0.25, 0.3) is 0 Å². The Hall–Kier alpha value is -1.74. The molecule has 1 heterocycles. The molecule has 2 atom stereocenters. The normalized spacial score (nSPS) is 14.7. The molecule has 0 aliphatic rings. The van der Waals surface area contributed by atoms with Crippen LogP contribution in [0.4, 0.5) is 13.2 Å². The molecule has 0 aliphatic carbocycles. The number of rotatable bonds is 5. The van der Waals surface area contributed by atoms with Gasteiger partial charge in [0, 0.05) is 12.6 Å². The molecule has 1 rings (SSSR count). The first-order valence-electron chi connectivity index (χ1n) is 5.64. The van der Waals surface area contributed by atoms with Gasteiger partial charge in [-0.25, -0.2) is 9.78 Å². The van der Waals surface area contributed by atoms with E-state index < -0.39 is 30.0 Å². The summed E-state index contributed by atoms with van der Waals surface area (Å²) in [6.07, 6.45) is -4.27. The highest BCUT2D eigenvalue weighted by Crippen LogP contribution is 2.26. The van der Waals surface area contributed by atoms with Crippen LogP contribution in [-0.2, 0) is 15.7 Å². The number of esters is 1. The number of halogens is 3. The Morgan fingerprint density at radius 3 is 2.55 bits per heavy atom. The highest BCUT2D eigenvalue weighted by Gasteiger charge is 2.32. The molecule has 0 saturated carbocycles. The maximum absolute atomic E-state index is 12.3. The van der Waals surface area contributed by atoms with Crippen molar-refractivity contribution in [2.24, 2.45) is 0 Å². The van der Waals surface area contributed by atoms with Crippen molar-refractivity contribution in [3.05, 3.63) is 23.8 Å². The van der Waals surface area contributed by atoms with E-state index >= 15 is 0 Å². The van der Waals surface area contributed by atoms with Crippen LogP contribution in [0.5, 0.6) is 0 Å². The zero-order chi connectivity index (χ0) is 15.3. The Kier molecular flexibility index (Phi) is 5.40. The Morgan fingerprint density at radius 2 is 2.10 bits per heavy atom. The third-order valence-corrected chi connectivity index (χ3v) is 2.50. The lowest BCUT2D eigenvalue weighted by Gasteiger charge is -2.15. The Labute approximate surface area is 113 Å². The van der Waals surface area contributed by atoms with Crippen molar-refractivity contribution in [2.45, 2.75) is 25.2 Å². The average molecular weight is 293 g/mol. The first-order valence-corrected chi connectivity index (χ1v) is 5.64. The molecular formula is C11H14F3N3O3. The lowest BCUT2D eigenvalue weighted by atomic mass is 10.2. The molecule has 0 aromatic carbocycles. The topological polar surface area (TPSA) is 84.3 Å². The fourth-order valence-electron chi connectivity index (χ4n) is 1.32. The molecule has 112 valence electrons. The summed E-state index contributed by atoms with van der Waals surface area (Å²) in [5.41, 5.74) is -0.821. The number of hydrogen-bond donors (Lipinski definition) is 2. The van der Waals surface area contributed by atoms with Gasteiger partial charge >= 0.3 is 12.1 Å². The van der Waals surface area contributed by atoms with Crippen LogP contribution in [0.3, 0.4) is 0 Å². The van der Waals surface area contributed by atoms with Crippen molar-refractivity contribution in [3.63, 3.8) is 0 Å². The smallest absolute Gasteiger partial charge is 0.434 e. The van der Waals surface area contributed by atoms with E-state index in [2.05, 4.69) is 20.0 Å². The van der Waals surface area contributed by atoms with Gasteiger partial charge in [-0.05, 0) is 6.92 Å². The van der Waals surface area contributed by atoms with E-state index in [1.165, 1.54) is 0 Å². The fraction of sp³-hybridized carbons (Fsp3) is 0.545. The van der Waals surface area contributed by atoms with Gasteiger partial charge in [0.2, 0.25) is 0 Å². The third kappa shape index (κ3) is 4.42. The van der Waals surface area contributed by atoms with E-state index in [-0.39, 0.29) is 12.2 Å². The van der Waals surface area contributed by atoms with Gasteiger partial charge < -0.3 is 15.2 Å². The summed E-state index contributed by atoms with van der Waals surface area (Å²) in [7, 11) is 1.14. The van der Waals surface area contributed by atoms with Crippen LogP contribution < -0.4 is 5.32 Å². The lowest BCUT2D eigenvalue weighted by molar-refractivity contribution is -0.150. The Balaban J connectivity index is 2.60. The second-order valence-electron chi connectivity index (χ2n) is 3.99. The van der Waals surface area contributed by atoms with Crippen LogP contribution in [-0.4, -0.2) is 40.8 Å². The summed E-state index contributed by atoms with van der Waals surface area (Å²) >= 11 is 0. The number of methoxy groups -OCH3 is 1. The number of aliphatic hydroxyl groups excluding tert-OH is 1. The SMILES string of the molecule is COC(=O)C(O)CN[C@@H](C)c1cnc(C(F)(F)F)cn1. The van der Waals surface area contributed by atoms with Gasteiger partial charge in [-0.2, -0.15) is 13.2 Å². The molecule has 0 saturated heterocycles. The van der Waals surface area contributed by atoms with Crippen molar-refractivity contribution >= 4 is 5.97 Å². The van der Waals surface area contributed by atoms with Gasteiger partial charge in [-0.15, -0.1) is 0 Å². The van der Waals surface area contributed by atoms with Crippen molar-refractivity contribution in [3.8, 4) is 0 Å². The number of ether oxygens (including phenoxy) is 1. The molecular weight excluding hydrogens is 279 g/mol. The Bertz CT molecular complexity index is 450. The molecule has 6 nitrogen and oxygen atoms in total. The second-order valence-corrected chi connectivity index (χ2v) is 3.99. The maximum atomic E-state index is 12.3. The summed E-state index contributed by atoms with van der Waals surface area (Å²) in [4.78, 5) is 17.9. The summed E-state index contributed by atoms with van der Waals surface area (Å²) in [5, 5.41) is 12.1. The minimum Gasteiger partial charge on any atom is -0.467 e. The predicted molar refractivity (Wildman–Crippen MR) is 61.5 cm³/mol. The van der Waals surface area contributed by atoms with Gasteiger partial charge in [0.25, 0.3) is 0 Å². The fourth-order valence-corrected chi connectivity index (χ4v) is 1.32. The van der Waals surface area contributed by atoms with Gasteiger partial charge in [0.05, 0.1) is 25.2 Å². The standard InChI is InChI=1S/C11H14F3N3O3/c1-6(15-4-8(18)10(19)20-2)7-3-17-9(5-16-7)11(12,13)14/h3,5-6,8,15,18H,4H2,1-2H3/t6-,8?/m0/s1. The Morgan fingerprint density at radius 1 is 1.45 bits per heavy atom. The molecule has 2 N–H and O–H groups in total. The van der Waals surface area contributed by atoms with Gasteiger partial charge in [-0.1, -0.05) is 0 Å². The number of aromatic nitrogens is 2. The molecule has 1 aromatic heterocycles. The molecule has 0 spiro atoms. The number of nitrogens with zero attached hydrogens (tertiary/aromatic N) is 2. The second kappa shape index (κ2) is 6.62. The monoisotopic (exact) mass is 293 g/mol. The predicted octanol–water partition coefficient (Wildman–Crippen LogP) is 0.680. The number of hydrogen-bond acceptors (Lipinski definition) is 6. The van der Waals surface area contributed by atoms with E-state index in [0.717, 1.165) is 13.3 Å². The molecule has 0 aliphatic heterocycles. The summed E-state index contributed by atoms with van der Waals surface area (Å²) in [6.45, 7) is 1.50. The van der Waals surface area contributed by atoms with E-state index in [0.29, 0.717) is 6.20 Å². The zero-order valence-electron chi connectivity index (χ0n) is 10.8. The average Bonchev–Trinajstić information content (AvgIpc) is 2.42. The maximum Gasteiger partial charge on any atom is 0.434 e. The number of carbonyl (C=O) groups excluding carboxylic acids is 1. The molecule has 1 unspecified atom stereocenters. The van der Waals surface area contributed by atoms with Gasteiger partial charge in [-0.3, -0.25) is 4.98 Å². The van der Waals surface area contributed by atoms with Crippen LogP contribution in [0.2, 0.25) is 0 Å². The summed E-state index contributed by atoms with van der Waals surface area (Å²) in [5.74, 6) is -0.803. The number of carbonyl (C=O) groups is 1. The molecule has 0 bridgehead atoms. The summed E-state index contributed by atoms with van der Waals surface area (Å²) < 4.78 is 41.2. The molecule has 0 amide bonds. The van der Waals surface area contributed by atoms with E-state index in [9.17, 15) is 23.1 Å². The molecule has 1 aromatic rings. The molecule has 9 heteroatoms. The van der Waals surface area contributed by atoms with Gasteiger partial charge in [0.15, 0.2) is 11.8 Å². The van der Waals surface area contributed by atoms with Gasteiger partial charge in [0.1, 0.15) is 0 Å². The van der Waals surface area contributed by atoms with Crippen molar-refractivity contribution in [1.82, 2.24) is 15.3 Å². The van der Waals surface area contributed by atoms with Crippen LogP contribution in [0.15, 0.2) is 12.4 Å². The highest BCUT2D eigenvalue weighted by molar-refractivity contribution is 5.74. The first-order chi connectivity index (χ1) is 9.25. The summed E-state index contributed by atoms with van der Waals surface area (Å²) in [6, 6.07) is -0.482. The van der Waals surface area contributed by atoms with E-state index in [4.69, 9.17) is 0 Å². The number of nitrogens with one attached hydrogen (secondary N) is 1. The molecule has 0 fully saturated rings. The lowest BCUT2D eigenvalue weighted by Crippen LogP contribution is -2.35. The van der Waals surface area contributed by atoms with Crippen molar-refractivity contribution in [2.75, 3.05) is 13.7 Å². The van der Waals surface area contributed by atoms with Crippen LogP contribution >= 0.6 is 0 Å². The molecule has 0 radical (unpaired) electrons. The van der Waals surface area contributed by atoms with E-state index in [1.807, 2.05) is 0 Å².